The minimum absolute atomic E-state index is 0.0825. The lowest BCUT2D eigenvalue weighted by atomic mass is 9.96. The van der Waals surface area contributed by atoms with E-state index in [4.69, 9.17) is 14.2 Å². The summed E-state index contributed by atoms with van der Waals surface area (Å²) in [6.07, 6.45) is -5.81. The zero-order chi connectivity index (χ0) is 20.3. The maximum Gasteiger partial charge on any atom is 0.433 e. The number of hydrogen-bond acceptors (Lipinski definition) is 8. The highest BCUT2D eigenvalue weighted by molar-refractivity contribution is 5.18. The fraction of sp³-hybridized carbons (Fsp3) is 0.471. The maximum absolute atomic E-state index is 12.8. The average Bonchev–Trinajstić information content (AvgIpc) is 2.67. The normalized spacial score (nSPS) is 28.0. The Balaban J connectivity index is 1.74. The molecule has 152 valence electrons. The quantitative estimate of drug-likeness (QED) is 0.771. The van der Waals surface area contributed by atoms with Crippen LogP contribution in [-0.4, -0.2) is 62.3 Å². The molecular weight excluding hydrogens is 383 g/mol. The van der Waals surface area contributed by atoms with Gasteiger partial charge in [-0.25, -0.2) is 9.97 Å². The molecule has 0 unspecified atom stereocenters. The fourth-order valence-electron chi connectivity index (χ4n) is 2.71. The Morgan fingerprint density at radius 1 is 1.14 bits per heavy atom. The molecule has 0 aromatic carbocycles. The van der Waals surface area contributed by atoms with Crippen molar-refractivity contribution in [1.82, 2.24) is 15.0 Å². The first-order valence-electron chi connectivity index (χ1n) is 8.37. The summed E-state index contributed by atoms with van der Waals surface area (Å²) in [4.78, 5) is 11.2. The van der Waals surface area contributed by atoms with Crippen molar-refractivity contribution in [2.75, 3.05) is 6.61 Å². The second kappa shape index (κ2) is 8.25. The SMILES string of the molecule is C[C@H]1O[C@H](COc2cccc(C(F)(F)F)n2)[C@H](Oc2cnccn2)[C@@H](O)[C@H]1O. The van der Waals surface area contributed by atoms with Crippen LogP contribution in [0.3, 0.4) is 0 Å². The molecule has 2 aromatic rings. The van der Waals surface area contributed by atoms with Gasteiger partial charge in [0.2, 0.25) is 11.8 Å². The van der Waals surface area contributed by atoms with Gasteiger partial charge in [0.1, 0.15) is 30.6 Å². The second-order valence-electron chi connectivity index (χ2n) is 6.16. The van der Waals surface area contributed by atoms with E-state index < -0.39 is 42.4 Å². The number of alkyl halides is 3. The molecule has 8 nitrogen and oxygen atoms in total. The largest absolute Gasteiger partial charge is 0.475 e. The third kappa shape index (κ3) is 4.66. The van der Waals surface area contributed by atoms with E-state index in [0.717, 1.165) is 6.07 Å². The Morgan fingerprint density at radius 3 is 2.61 bits per heavy atom. The predicted octanol–water partition coefficient (Wildman–Crippen LogP) is 1.23. The first kappa shape index (κ1) is 20.2. The summed E-state index contributed by atoms with van der Waals surface area (Å²) < 4.78 is 54.9. The van der Waals surface area contributed by atoms with E-state index in [1.54, 1.807) is 6.92 Å². The van der Waals surface area contributed by atoms with Gasteiger partial charge >= 0.3 is 6.18 Å². The van der Waals surface area contributed by atoms with E-state index in [1.165, 1.54) is 30.7 Å². The molecule has 0 spiro atoms. The van der Waals surface area contributed by atoms with Crippen molar-refractivity contribution in [2.24, 2.45) is 0 Å². The van der Waals surface area contributed by atoms with Gasteiger partial charge in [-0.05, 0) is 13.0 Å². The zero-order valence-corrected chi connectivity index (χ0v) is 14.7. The Hall–Kier alpha value is -2.50. The number of aliphatic hydroxyl groups is 2. The second-order valence-corrected chi connectivity index (χ2v) is 6.16. The van der Waals surface area contributed by atoms with E-state index >= 15 is 0 Å². The number of hydrogen-bond donors (Lipinski definition) is 2. The summed E-state index contributed by atoms with van der Waals surface area (Å²) >= 11 is 0. The molecule has 1 fully saturated rings. The number of aromatic nitrogens is 3. The van der Waals surface area contributed by atoms with E-state index in [-0.39, 0.29) is 18.4 Å². The van der Waals surface area contributed by atoms with Crippen LogP contribution in [0.2, 0.25) is 0 Å². The number of aliphatic hydroxyl groups excluding tert-OH is 2. The summed E-state index contributed by atoms with van der Waals surface area (Å²) in [6.45, 7) is 1.27. The summed E-state index contributed by atoms with van der Waals surface area (Å²) in [5, 5.41) is 20.4. The van der Waals surface area contributed by atoms with Crippen molar-refractivity contribution >= 4 is 0 Å². The molecule has 28 heavy (non-hydrogen) atoms. The van der Waals surface area contributed by atoms with Crippen LogP contribution in [0.4, 0.5) is 13.2 Å². The molecule has 0 radical (unpaired) electrons. The van der Waals surface area contributed by atoms with Gasteiger partial charge in [-0.3, -0.25) is 4.98 Å². The van der Waals surface area contributed by atoms with Gasteiger partial charge < -0.3 is 24.4 Å². The summed E-state index contributed by atoms with van der Waals surface area (Å²) in [6, 6.07) is 3.26. The van der Waals surface area contributed by atoms with Crippen molar-refractivity contribution < 1.29 is 37.6 Å². The Labute approximate surface area is 157 Å². The highest BCUT2D eigenvalue weighted by Gasteiger charge is 2.45. The van der Waals surface area contributed by atoms with Crippen LogP contribution in [0, 0.1) is 0 Å². The molecule has 11 heteroatoms. The van der Waals surface area contributed by atoms with Gasteiger partial charge in [0.25, 0.3) is 0 Å². The molecule has 3 rings (SSSR count). The molecule has 3 heterocycles. The minimum atomic E-state index is -4.60. The van der Waals surface area contributed by atoms with Gasteiger partial charge in [-0.15, -0.1) is 0 Å². The molecular formula is C17H18F3N3O5. The van der Waals surface area contributed by atoms with E-state index in [9.17, 15) is 23.4 Å². The highest BCUT2D eigenvalue weighted by atomic mass is 19.4. The smallest absolute Gasteiger partial charge is 0.433 e. The maximum atomic E-state index is 12.8. The molecule has 0 bridgehead atoms. The molecule has 2 aromatic heterocycles. The minimum Gasteiger partial charge on any atom is -0.475 e. The van der Waals surface area contributed by atoms with E-state index in [2.05, 4.69) is 15.0 Å². The predicted molar refractivity (Wildman–Crippen MR) is 87.5 cm³/mol. The lowest BCUT2D eigenvalue weighted by Crippen LogP contribution is -2.60. The Kier molecular flexibility index (Phi) is 5.96. The summed E-state index contributed by atoms with van der Waals surface area (Å²) in [5.74, 6) is -0.177. The van der Waals surface area contributed by atoms with Gasteiger partial charge in [-0.2, -0.15) is 13.2 Å². The third-order valence-electron chi connectivity index (χ3n) is 4.13. The van der Waals surface area contributed by atoms with Crippen LogP contribution >= 0.6 is 0 Å². The van der Waals surface area contributed by atoms with Crippen molar-refractivity contribution in [1.29, 1.82) is 0 Å². The number of rotatable bonds is 5. The fourth-order valence-corrected chi connectivity index (χ4v) is 2.71. The van der Waals surface area contributed by atoms with Crippen LogP contribution < -0.4 is 9.47 Å². The Morgan fingerprint density at radius 2 is 1.93 bits per heavy atom. The lowest BCUT2D eigenvalue weighted by Gasteiger charge is -2.41. The topological polar surface area (TPSA) is 107 Å². The third-order valence-corrected chi connectivity index (χ3v) is 4.13. The van der Waals surface area contributed by atoms with Crippen molar-refractivity contribution in [3.8, 4) is 11.8 Å². The van der Waals surface area contributed by atoms with Crippen LogP contribution in [-0.2, 0) is 10.9 Å². The first-order valence-corrected chi connectivity index (χ1v) is 8.37. The Bertz CT molecular complexity index is 780. The molecule has 0 aliphatic carbocycles. The molecule has 0 amide bonds. The monoisotopic (exact) mass is 401 g/mol. The number of nitrogens with zero attached hydrogens (tertiary/aromatic N) is 3. The molecule has 1 aliphatic heterocycles. The molecule has 0 saturated carbocycles. The molecule has 5 atom stereocenters. The number of pyridine rings is 1. The van der Waals surface area contributed by atoms with Gasteiger partial charge in [-0.1, -0.05) is 6.07 Å². The van der Waals surface area contributed by atoms with Crippen molar-refractivity contribution in [2.45, 2.75) is 43.6 Å². The van der Waals surface area contributed by atoms with Gasteiger partial charge in [0.05, 0.1) is 12.3 Å². The molecule has 2 N–H and O–H groups in total. The van der Waals surface area contributed by atoms with Crippen molar-refractivity contribution in [3.63, 3.8) is 0 Å². The standard InChI is InChI=1S/C17H18F3N3O5/c1-9-14(24)15(25)16(28-13-7-21-5-6-22-13)10(27-9)8-26-12-4-2-3-11(23-12)17(18,19)20/h2-7,9-10,14-16,24-25H,8H2,1H3/t9-,10-,14+,15+,16+/m1/s1. The number of ether oxygens (including phenoxy) is 3. The van der Waals surface area contributed by atoms with Gasteiger partial charge in [0, 0.05) is 18.5 Å². The summed E-state index contributed by atoms with van der Waals surface area (Å²) in [5.41, 5.74) is -1.09. The highest BCUT2D eigenvalue weighted by Crippen LogP contribution is 2.29. The van der Waals surface area contributed by atoms with Crippen molar-refractivity contribution in [3.05, 3.63) is 42.5 Å². The van der Waals surface area contributed by atoms with Gasteiger partial charge in [0.15, 0.2) is 6.10 Å². The zero-order valence-electron chi connectivity index (χ0n) is 14.7. The molecule has 1 aliphatic rings. The van der Waals surface area contributed by atoms with E-state index in [1.807, 2.05) is 0 Å². The summed E-state index contributed by atoms with van der Waals surface area (Å²) in [7, 11) is 0. The lowest BCUT2D eigenvalue weighted by molar-refractivity contribution is -0.216. The average molecular weight is 401 g/mol. The van der Waals surface area contributed by atoms with Crippen LogP contribution in [0.5, 0.6) is 11.8 Å². The number of halogens is 3. The van der Waals surface area contributed by atoms with Crippen LogP contribution in [0.25, 0.3) is 0 Å². The van der Waals surface area contributed by atoms with E-state index in [0.29, 0.717) is 0 Å². The first-order chi connectivity index (χ1) is 13.3. The van der Waals surface area contributed by atoms with Crippen LogP contribution in [0.1, 0.15) is 12.6 Å². The molecule has 1 saturated heterocycles. The van der Waals surface area contributed by atoms with Crippen LogP contribution in [0.15, 0.2) is 36.8 Å².